The molecule has 4 rings (SSSR count). The van der Waals surface area contributed by atoms with Gasteiger partial charge in [-0.1, -0.05) is 43.2 Å². The van der Waals surface area contributed by atoms with Crippen LogP contribution in [0.3, 0.4) is 0 Å². The highest BCUT2D eigenvalue weighted by molar-refractivity contribution is 7.90. The Bertz CT molecular complexity index is 957. The molecule has 0 bridgehead atoms. The van der Waals surface area contributed by atoms with Crippen LogP contribution in [0.1, 0.15) is 55.7 Å². The van der Waals surface area contributed by atoms with Crippen LogP contribution in [0, 0.1) is 5.92 Å². The van der Waals surface area contributed by atoms with Crippen LogP contribution in [0.5, 0.6) is 0 Å². The lowest BCUT2D eigenvalue weighted by atomic mass is 9.68. The maximum Gasteiger partial charge on any atom is 0.264 e. The van der Waals surface area contributed by atoms with Crippen molar-refractivity contribution in [2.45, 2.75) is 49.5 Å². The lowest BCUT2D eigenvalue weighted by Crippen LogP contribution is -2.34. The average molecular weight is 385 g/mol. The Morgan fingerprint density at radius 3 is 2.56 bits per heavy atom. The fraction of sp³-hybridized carbons (Fsp3) is 0.381. The van der Waals surface area contributed by atoms with E-state index in [0.717, 1.165) is 30.5 Å². The van der Waals surface area contributed by atoms with Gasteiger partial charge in [0.15, 0.2) is 0 Å². The minimum absolute atomic E-state index is 0.153. The smallest absolute Gasteiger partial charge is 0.264 e. The number of carbonyl (C=O) groups is 1. The van der Waals surface area contributed by atoms with Gasteiger partial charge in [0.25, 0.3) is 10.0 Å². The summed E-state index contributed by atoms with van der Waals surface area (Å²) in [5, 5.41) is 3.65. The number of benzene rings is 2. The second-order valence-electron chi connectivity index (χ2n) is 7.50. The molecule has 2 aromatic rings. The fourth-order valence-electron chi connectivity index (χ4n) is 4.60. The van der Waals surface area contributed by atoms with Crippen LogP contribution in [-0.2, 0) is 14.8 Å². The highest BCUT2D eigenvalue weighted by Crippen LogP contribution is 2.51. The van der Waals surface area contributed by atoms with E-state index in [-0.39, 0.29) is 10.9 Å². The highest BCUT2D eigenvalue weighted by atomic mass is 32.2. The number of hydrogen-bond acceptors (Lipinski definition) is 4. The predicted molar refractivity (Wildman–Crippen MR) is 105 cm³/mol. The van der Waals surface area contributed by atoms with Crippen LogP contribution < -0.4 is 10.0 Å². The summed E-state index contributed by atoms with van der Waals surface area (Å²) in [6.45, 7) is 1.21. The van der Waals surface area contributed by atoms with E-state index in [2.05, 4.69) is 34.3 Å². The van der Waals surface area contributed by atoms with Crippen molar-refractivity contribution in [2.75, 3.05) is 5.32 Å². The molecule has 0 aromatic heterocycles. The molecule has 3 unspecified atom stereocenters. The summed E-state index contributed by atoms with van der Waals surface area (Å²) >= 11 is 0. The normalized spacial score (nSPS) is 24.3. The van der Waals surface area contributed by atoms with E-state index in [1.54, 1.807) is 12.1 Å². The first-order valence-electron chi connectivity index (χ1n) is 9.44. The summed E-state index contributed by atoms with van der Waals surface area (Å²) in [6.07, 6.45) is 4.54. The van der Waals surface area contributed by atoms with Gasteiger partial charge in [-0.15, -0.1) is 0 Å². The van der Waals surface area contributed by atoms with E-state index in [4.69, 9.17) is 0 Å². The molecule has 2 aromatic carbocycles. The standard InChI is InChI=1S/C21H24N2O3S/c1-14(24)23-27(25,26)16-11-12-20-19(13-16)17-9-5-6-10-18(17)21(22-20)15-7-3-2-4-8-15/h2-4,7-8,11-13,17-18,21-22H,5-6,9-10H2,1H3,(H,23,24). The van der Waals surface area contributed by atoms with E-state index in [1.807, 2.05) is 12.1 Å². The van der Waals surface area contributed by atoms with E-state index >= 15 is 0 Å². The quantitative estimate of drug-likeness (QED) is 0.840. The number of fused-ring (bicyclic) bond motifs is 3. The molecule has 1 saturated carbocycles. The second-order valence-corrected chi connectivity index (χ2v) is 9.18. The zero-order valence-corrected chi connectivity index (χ0v) is 16.1. The highest BCUT2D eigenvalue weighted by Gasteiger charge is 2.39. The van der Waals surface area contributed by atoms with E-state index in [0.29, 0.717) is 11.8 Å². The Morgan fingerprint density at radius 2 is 1.81 bits per heavy atom. The minimum atomic E-state index is -3.82. The van der Waals surface area contributed by atoms with E-state index < -0.39 is 15.9 Å². The van der Waals surface area contributed by atoms with Gasteiger partial charge < -0.3 is 5.32 Å². The molecule has 0 radical (unpaired) electrons. The molecule has 2 aliphatic rings. The number of nitrogens with one attached hydrogen (secondary N) is 2. The van der Waals surface area contributed by atoms with Gasteiger partial charge in [0.2, 0.25) is 5.91 Å². The third-order valence-corrected chi connectivity index (χ3v) is 7.16. The summed E-state index contributed by atoms with van der Waals surface area (Å²) in [6, 6.07) is 15.9. The SMILES string of the molecule is CC(=O)NS(=O)(=O)c1ccc2c(c1)C1CCCCC1C(c1ccccc1)N2. The first kappa shape index (κ1) is 18.0. The number of sulfonamides is 1. The third kappa shape index (κ3) is 3.46. The molecule has 27 heavy (non-hydrogen) atoms. The van der Waals surface area contributed by atoms with Gasteiger partial charge in [0.1, 0.15) is 0 Å². The molecule has 2 N–H and O–H groups in total. The third-order valence-electron chi connectivity index (χ3n) is 5.73. The number of anilines is 1. The number of hydrogen-bond donors (Lipinski definition) is 2. The zero-order valence-electron chi connectivity index (χ0n) is 15.3. The summed E-state index contributed by atoms with van der Waals surface area (Å²) in [5.74, 6) is 0.186. The van der Waals surface area contributed by atoms with Crippen LogP contribution in [-0.4, -0.2) is 14.3 Å². The summed E-state index contributed by atoms with van der Waals surface area (Å²) in [7, 11) is -3.82. The molecule has 1 aliphatic carbocycles. The molecule has 1 aliphatic heterocycles. The molecule has 3 atom stereocenters. The lowest BCUT2D eigenvalue weighted by Gasteiger charge is -2.44. The molecule has 5 nitrogen and oxygen atoms in total. The van der Waals surface area contributed by atoms with Gasteiger partial charge in [-0.05, 0) is 54.0 Å². The monoisotopic (exact) mass is 384 g/mol. The Hall–Kier alpha value is -2.34. The number of carbonyl (C=O) groups excluding carboxylic acids is 1. The summed E-state index contributed by atoms with van der Waals surface area (Å²) in [5.41, 5.74) is 3.32. The van der Waals surface area contributed by atoms with Gasteiger partial charge in [-0.25, -0.2) is 13.1 Å². The van der Waals surface area contributed by atoms with Crippen LogP contribution in [0.15, 0.2) is 53.4 Å². The molecular weight excluding hydrogens is 360 g/mol. The predicted octanol–water partition coefficient (Wildman–Crippen LogP) is 3.95. The molecule has 6 heteroatoms. The Balaban J connectivity index is 1.75. The molecule has 1 fully saturated rings. The van der Waals surface area contributed by atoms with Crippen LogP contribution in [0.25, 0.3) is 0 Å². The van der Waals surface area contributed by atoms with Gasteiger partial charge in [-0.3, -0.25) is 4.79 Å². The van der Waals surface area contributed by atoms with Crippen molar-refractivity contribution in [2.24, 2.45) is 5.92 Å². The first-order chi connectivity index (χ1) is 13.0. The Kier molecular flexibility index (Phi) is 4.68. The minimum Gasteiger partial charge on any atom is -0.378 e. The Labute approximate surface area is 160 Å². The average Bonchev–Trinajstić information content (AvgIpc) is 2.66. The van der Waals surface area contributed by atoms with E-state index in [1.165, 1.54) is 18.9 Å². The largest absolute Gasteiger partial charge is 0.378 e. The second kappa shape index (κ2) is 7.00. The van der Waals surface area contributed by atoms with Gasteiger partial charge in [-0.2, -0.15) is 0 Å². The van der Waals surface area contributed by atoms with Gasteiger partial charge in [0, 0.05) is 12.6 Å². The van der Waals surface area contributed by atoms with Crippen LogP contribution in [0.4, 0.5) is 5.69 Å². The molecular formula is C21H24N2O3S. The topological polar surface area (TPSA) is 75.3 Å². The van der Waals surface area contributed by atoms with E-state index in [9.17, 15) is 13.2 Å². The van der Waals surface area contributed by atoms with Gasteiger partial charge >= 0.3 is 0 Å². The maximum absolute atomic E-state index is 12.4. The van der Waals surface area contributed by atoms with Crippen molar-refractivity contribution >= 4 is 21.6 Å². The van der Waals surface area contributed by atoms with Crippen molar-refractivity contribution in [1.29, 1.82) is 0 Å². The van der Waals surface area contributed by atoms with Crippen molar-refractivity contribution < 1.29 is 13.2 Å². The number of amides is 1. The van der Waals surface area contributed by atoms with Crippen LogP contribution in [0.2, 0.25) is 0 Å². The molecule has 1 amide bonds. The van der Waals surface area contributed by atoms with Crippen molar-refractivity contribution in [1.82, 2.24) is 4.72 Å². The summed E-state index contributed by atoms with van der Waals surface area (Å²) in [4.78, 5) is 11.4. The maximum atomic E-state index is 12.4. The van der Waals surface area contributed by atoms with Crippen molar-refractivity contribution in [3.8, 4) is 0 Å². The van der Waals surface area contributed by atoms with Gasteiger partial charge in [0.05, 0.1) is 10.9 Å². The molecule has 0 spiro atoms. The van der Waals surface area contributed by atoms with Crippen molar-refractivity contribution in [3.05, 3.63) is 59.7 Å². The molecule has 0 saturated heterocycles. The summed E-state index contributed by atoms with van der Waals surface area (Å²) < 4.78 is 26.9. The lowest BCUT2D eigenvalue weighted by molar-refractivity contribution is -0.117. The number of rotatable bonds is 3. The fourth-order valence-corrected chi connectivity index (χ4v) is 5.63. The van der Waals surface area contributed by atoms with Crippen molar-refractivity contribution in [3.63, 3.8) is 0 Å². The van der Waals surface area contributed by atoms with Crippen LogP contribution >= 0.6 is 0 Å². The first-order valence-corrected chi connectivity index (χ1v) is 10.9. The Morgan fingerprint density at radius 1 is 1.07 bits per heavy atom. The molecule has 142 valence electrons. The molecule has 1 heterocycles. The zero-order chi connectivity index (χ0) is 19.0.